The Kier molecular flexibility index (Phi) is 3.80. The average Bonchev–Trinajstić information content (AvgIpc) is 2.67. The third-order valence-corrected chi connectivity index (χ3v) is 4.55. The van der Waals surface area contributed by atoms with E-state index in [1.54, 1.807) is 0 Å². The number of hydrogen-bond donors (Lipinski definition) is 1. The van der Waals surface area contributed by atoms with Crippen LogP contribution in [-0.2, 0) is 7.05 Å². The maximum atomic E-state index is 12.2. The molecule has 0 aliphatic rings. The molecule has 0 atom stereocenters. The van der Waals surface area contributed by atoms with Crippen LogP contribution in [0.15, 0.2) is 28.7 Å². The van der Waals surface area contributed by atoms with E-state index in [4.69, 9.17) is 0 Å². The molecule has 4 heteroatoms. The molecule has 1 heterocycles. The van der Waals surface area contributed by atoms with Gasteiger partial charge in [0.05, 0.1) is 0 Å². The van der Waals surface area contributed by atoms with Crippen LogP contribution in [-0.4, -0.2) is 10.5 Å². The number of halogens is 1. The highest BCUT2D eigenvalue weighted by molar-refractivity contribution is 9.10. The van der Waals surface area contributed by atoms with E-state index >= 15 is 0 Å². The summed E-state index contributed by atoms with van der Waals surface area (Å²) < 4.78 is 2.97. The van der Waals surface area contributed by atoms with Gasteiger partial charge in [0, 0.05) is 22.9 Å². The minimum absolute atomic E-state index is 0.0864. The van der Waals surface area contributed by atoms with Crippen LogP contribution in [0.5, 0.6) is 0 Å². The van der Waals surface area contributed by atoms with Crippen LogP contribution in [0.2, 0.25) is 0 Å². The van der Waals surface area contributed by atoms with E-state index < -0.39 is 0 Å². The fraction of sp³-hybridized carbons (Fsp3) is 0.267. The van der Waals surface area contributed by atoms with Crippen molar-refractivity contribution in [3.63, 3.8) is 0 Å². The first-order chi connectivity index (χ1) is 8.90. The maximum Gasteiger partial charge on any atom is 0.272 e. The van der Waals surface area contributed by atoms with Gasteiger partial charge < -0.3 is 9.88 Å². The molecule has 0 aliphatic carbocycles. The fourth-order valence-electron chi connectivity index (χ4n) is 2.05. The van der Waals surface area contributed by atoms with Gasteiger partial charge in [0.15, 0.2) is 0 Å². The van der Waals surface area contributed by atoms with Gasteiger partial charge >= 0.3 is 0 Å². The highest BCUT2D eigenvalue weighted by Crippen LogP contribution is 2.25. The molecule has 100 valence electrons. The molecule has 1 amide bonds. The van der Waals surface area contributed by atoms with Crippen molar-refractivity contribution in [3.05, 3.63) is 51.3 Å². The van der Waals surface area contributed by atoms with Crippen molar-refractivity contribution in [1.82, 2.24) is 4.57 Å². The summed E-state index contributed by atoms with van der Waals surface area (Å²) in [6.07, 6.45) is 0. The van der Waals surface area contributed by atoms with E-state index in [1.165, 1.54) is 0 Å². The van der Waals surface area contributed by atoms with E-state index in [1.807, 2.05) is 56.7 Å². The second-order valence-electron chi connectivity index (χ2n) is 4.80. The summed E-state index contributed by atoms with van der Waals surface area (Å²) >= 11 is 3.52. The van der Waals surface area contributed by atoms with Crippen LogP contribution in [0, 0.1) is 20.8 Å². The van der Waals surface area contributed by atoms with Crippen LogP contribution in [0.3, 0.4) is 0 Å². The quantitative estimate of drug-likeness (QED) is 0.892. The Labute approximate surface area is 121 Å². The van der Waals surface area contributed by atoms with E-state index in [0.717, 1.165) is 27.0 Å². The summed E-state index contributed by atoms with van der Waals surface area (Å²) in [6, 6.07) is 7.70. The number of aryl methyl sites for hydroxylation is 3. The Hall–Kier alpha value is -1.55. The number of carbonyl (C=O) groups excluding carboxylic acids is 1. The lowest BCUT2D eigenvalue weighted by Gasteiger charge is -2.10. The number of carbonyl (C=O) groups is 1. The second kappa shape index (κ2) is 5.21. The molecule has 0 unspecified atom stereocenters. The predicted octanol–water partition coefficient (Wildman–Crippen LogP) is 3.97. The number of nitrogens with zero attached hydrogens (tertiary/aromatic N) is 1. The zero-order valence-corrected chi connectivity index (χ0v) is 13.1. The second-order valence-corrected chi connectivity index (χ2v) is 5.59. The summed E-state index contributed by atoms with van der Waals surface area (Å²) in [7, 11) is 1.89. The van der Waals surface area contributed by atoms with Crippen LogP contribution in [0.1, 0.15) is 27.3 Å². The number of anilines is 1. The molecule has 0 radical (unpaired) electrons. The molecule has 2 rings (SSSR count). The lowest BCUT2D eigenvalue weighted by Crippen LogP contribution is -2.16. The first kappa shape index (κ1) is 13.9. The van der Waals surface area contributed by atoms with Crippen molar-refractivity contribution in [1.29, 1.82) is 0 Å². The van der Waals surface area contributed by atoms with Gasteiger partial charge in [-0.1, -0.05) is 15.9 Å². The standard InChI is InChI=1S/C15H17BrN2O/c1-9-7-12(8-10(2)14(9)16)17-15(19)13-6-5-11(3)18(13)4/h5-8H,1-4H3,(H,17,19). The summed E-state index contributed by atoms with van der Waals surface area (Å²) in [4.78, 5) is 12.2. The summed E-state index contributed by atoms with van der Waals surface area (Å²) in [5.74, 6) is -0.0864. The molecule has 0 saturated heterocycles. The van der Waals surface area contributed by atoms with Crippen molar-refractivity contribution < 1.29 is 4.79 Å². The van der Waals surface area contributed by atoms with Gasteiger partial charge in [-0.05, 0) is 56.2 Å². The summed E-state index contributed by atoms with van der Waals surface area (Å²) in [6.45, 7) is 6.00. The molecule has 0 bridgehead atoms. The zero-order chi connectivity index (χ0) is 14.2. The topological polar surface area (TPSA) is 34.0 Å². The number of nitrogens with one attached hydrogen (secondary N) is 1. The van der Waals surface area contributed by atoms with Crippen molar-refractivity contribution in [2.45, 2.75) is 20.8 Å². The number of rotatable bonds is 2. The lowest BCUT2D eigenvalue weighted by atomic mass is 10.1. The molecule has 0 spiro atoms. The average molecular weight is 321 g/mol. The third-order valence-electron chi connectivity index (χ3n) is 3.30. The van der Waals surface area contributed by atoms with Gasteiger partial charge in [-0.3, -0.25) is 4.79 Å². The molecular weight excluding hydrogens is 304 g/mol. The van der Waals surface area contributed by atoms with Gasteiger partial charge in [-0.25, -0.2) is 0 Å². The highest BCUT2D eigenvalue weighted by Gasteiger charge is 2.12. The van der Waals surface area contributed by atoms with Gasteiger partial charge in [0.1, 0.15) is 5.69 Å². The lowest BCUT2D eigenvalue weighted by molar-refractivity contribution is 0.101. The molecule has 0 aliphatic heterocycles. The fourth-order valence-corrected chi connectivity index (χ4v) is 2.28. The number of benzene rings is 1. The molecule has 1 aromatic heterocycles. The van der Waals surface area contributed by atoms with Crippen molar-refractivity contribution >= 4 is 27.5 Å². The van der Waals surface area contributed by atoms with Gasteiger partial charge in [0.25, 0.3) is 5.91 Å². The van der Waals surface area contributed by atoms with Crippen LogP contribution in [0.4, 0.5) is 5.69 Å². The maximum absolute atomic E-state index is 12.2. The SMILES string of the molecule is Cc1cc(NC(=O)c2ccc(C)n2C)cc(C)c1Br. The summed E-state index contributed by atoms with van der Waals surface area (Å²) in [5.41, 5.74) is 4.77. The van der Waals surface area contributed by atoms with Crippen LogP contribution >= 0.6 is 15.9 Å². The van der Waals surface area contributed by atoms with Crippen molar-refractivity contribution in [2.24, 2.45) is 7.05 Å². The van der Waals surface area contributed by atoms with Gasteiger partial charge in [-0.15, -0.1) is 0 Å². The number of hydrogen-bond acceptors (Lipinski definition) is 1. The smallest absolute Gasteiger partial charge is 0.272 e. The third kappa shape index (κ3) is 2.73. The summed E-state index contributed by atoms with van der Waals surface area (Å²) in [5, 5.41) is 2.94. The molecule has 1 N–H and O–H groups in total. The molecular formula is C15H17BrN2O. The molecule has 3 nitrogen and oxygen atoms in total. The molecule has 0 saturated carbocycles. The minimum atomic E-state index is -0.0864. The van der Waals surface area contributed by atoms with Crippen LogP contribution < -0.4 is 5.32 Å². The minimum Gasteiger partial charge on any atom is -0.344 e. The van der Waals surface area contributed by atoms with Gasteiger partial charge in [0.2, 0.25) is 0 Å². The molecule has 19 heavy (non-hydrogen) atoms. The Balaban J connectivity index is 2.27. The van der Waals surface area contributed by atoms with E-state index in [9.17, 15) is 4.79 Å². The number of aromatic nitrogens is 1. The monoisotopic (exact) mass is 320 g/mol. The van der Waals surface area contributed by atoms with Crippen LogP contribution in [0.25, 0.3) is 0 Å². The molecule has 2 aromatic rings. The van der Waals surface area contributed by atoms with Gasteiger partial charge in [-0.2, -0.15) is 0 Å². The zero-order valence-electron chi connectivity index (χ0n) is 11.5. The Morgan fingerprint density at radius 2 is 1.74 bits per heavy atom. The molecule has 1 aromatic carbocycles. The van der Waals surface area contributed by atoms with E-state index in [2.05, 4.69) is 21.2 Å². The first-order valence-corrected chi connectivity index (χ1v) is 6.90. The number of amides is 1. The highest BCUT2D eigenvalue weighted by atomic mass is 79.9. The van der Waals surface area contributed by atoms with Crippen molar-refractivity contribution in [3.8, 4) is 0 Å². The Morgan fingerprint density at radius 1 is 1.16 bits per heavy atom. The predicted molar refractivity (Wildman–Crippen MR) is 81.7 cm³/mol. The first-order valence-electron chi connectivity index (χ1n) is 6.10. The van der Waals surface area contributed by atoms with E-state index in [-0.39, 0.29) is 5.91 Å². The normalized spacial score (nSPS) is 10.6. The molecule has 0 fully saturated rings. The Bertz CT molecular complexity index is 621. The van der Waals surface area contributed by atoms with Crippen molar-refractivity contribution in [2.75, 3.05) is 5.32 Å². The van der Waals surface area contributed by atoms with E-state index in [0.29, 0.717) is 5.69 Å². The Morgan fingerprint density at radius 3 is 2.21 bits per heavy atom. The largest absolute Gasteiger partial charge is 0.344 e.